The maximum absolute atomic E-state index is 13.1. The van der Waals surface area contributed by atoms with E-state index in [0.717, 1.165) is 33.0 Å². The highest BCUT2D eigenvalue weighted by Crippen LogP contribution is 2.40. The van der Waals surface area contributed by atoms with E-state index in [9.17, 15) is 14.7 Å². The van der Waals surface area contributed by atoms with Crippen LogP contribution in [0.15, 0.2) is 52.3 Å². The molecule has 0 fully saturated rings. The third-order valence-electron chi connectivity index (χ3n) is 5.85. The zero-order valence-electron chi connectivity index (χ0n) is 16.2. The molecule has 0 aliphatic heterocycles. The number of carboxylic acids is 1. The zero-order chi connectivity index (χ0) is 21.3. The Kier molecular flexibility index (Phi) is 6.51. The predicted molar refractivity (Wildman–Crippen MR) is 128 cm³/mol. The maximum Gasteiger partial charge on any atom is 0.326 e. The fourth-order valence-corrected chi connectivity index (χ4v) is 6.12. The van der Waals surface area contributed by atoms with Crippen molar-refractivity contribution in [1.29, 1.82) is 0 Å². The molecule has 0 spiro atoms. The summed E-state index contributed by atoms with van der Waals surface area (Å²) >= 11 is 9.53. The molecule has 0 unspecified atom stereocenters. The molecule has 0 saturated carbocycles. The smallest absolute Gasteiger partial charge is 0.326 e. The number of benzene rings is 2. The van der Waals surface area contributed by atoms with Gasteiger partial charge in [-0.05, 0) is 64.4 Å². The average Bonchev–Trinajstić information content (AvgIpc) is 3.32. The van der Waals surface area contributed by atoms with Crippen molar-refractivity contribution in [3.8, 4) is 0 Å². The molecule has 1 aromatic heterocycles. The van der Waals surface area contributed by atoms with E-state index < -0.39 is 12.0 Å². The van der Waals surface area contributed by atoms with E-state index in [1.54, 1.807) is 11.3 Å². The van der Waals surface area contributed by atoms with Gasteiger partial charge in [0.2, 0.25) is 5.91 Å². The highest BCUT2D eigenvalue weighted by molar-refractivity contribution is 9.10. The number of fused-ring (bicyclic) bond motifs is 2. The number of rotatable bonds is 7. The molecule has 0 saturated heterocycles. The summed E-state index contributed by atoms with van der Waals surface area (Å²) in [4.78, 5) is 25.0. The quantitative estimate of drug-likeness (QED) is 0.395. The minimum atomic E-state index is -1.02. The van der Waals surface area contributed by atoms with Crippen molar-refractivity contribution in [3.05, 3.63) is 69.0 Å². The Balaban J connectivity index is 1.52. The second-order valence-electron chi connectivity index (χ2n) is 7.64. The van der Waals surface area contributed by atoms with Gasteiger partial charge in [0.05, 0.1) is 5.92 Å². The normalized spacial score (nSPS) is 17.5. The topological polar surface area (TPSA) is 66.4 Å². The molecule has 2 N–H and O–H groups in total. The van der Waals surface area contributed by atoms with E-state index >= 15 is 0 Å². The number of carbonyl (C=O) groups excluding carboxylic acids is 1. The van der Waals surface area contributed by atoms with Crippen molar-refractivity contribution in [2.45, 2.75) is 31.2 Å². The zero-order valence-corrected chi connectivity index (χ0v) is 19.5. The van der Waals surface area contributed by atoms with Crippen LogP contribution in [-0.4, -0.2) is 28.8 Å². The molecule has 156 valence electrons. The summed E-state index contributed by atoms with van der Waals surface area (Å²) in [5, 5.41) is 15.6. The van der Waals surface area contributed by atoms with Crippen LogP contribution in [0.25, 0.3) is 10.1 Å². The van der Waals surface area contributed by atoms with Gasteiger partial charge < -0.3 is 10.4 Å². The first-order chi connectivity index (χ1) is 14.5. The van der Waals surface area contributed by atoms with Gasteiger partial charge in [-0.25, -0.2) is 4.79 Å². The Morgan fingerprint density at radius 1 is 1.27 bits per heavy atom. The summed E-state index contributed by atoms with van der Waals surface area (Å²) in [6, 6.07) is 13.1. The van der Waals surface area contributed by atoms with Gasteiger partial charge in [-0.2, -0.15) is 12.6 Å². The van der Waals surface area contributed by atoms with Crippen LogP contribution in [0.1, 0.15) is 29.0 Å². The highest BCUT2D eigenvalue weighted by Gasteiger charge is 2.35. The number of carboxylic acid groups (broad SMARTS) is 1. The molecule has 2 aromatic carbocycles. The summed E-state index contributed by atoms with van der Waals surface area (Å²) in [6.07, 6.45) is 2.05. The number of amides is 1. The fraction of sp³-hybridized carbons (Fsp3) is 0.304. The van der Waals surface area contributed by atoms with Gasteiger partial charge in [0.1, 0.15) is 6.04 Å². The minimum Gasteiger partial charge on any atom is -0.480 e. The lowest BCUT2D eigenvalue weighted by molar-refractivity contribution is -0.142. The van der Waals surface area contributed by atoms with Gasteiger partial charge in [0.25, 0.3) is 0 Å². The van der Waals surface area contributed by atoms with Crippen molar-refractivity contribution in [2.24, 2.45) is 5.92 Å². The Hall–Kier alpha value is -1.83. The van der Waals surface area contributed by atoms with Crippen molar-refractivity contribution in [3.63, 3.8) is 0 Å². The van der Waals surface area contributed by atoms with Gasteiger partial charge in [0.15, 0.2) is 0 Å². The standard InChI is InChI=1S/C23H22BrNO3S2/c24-15-6-8-16-13(9-15)5-7-18(16)19(11-29)22(26)25-20(23(27)28)10-14-12-30-21-4-2-1-3-17(14)21/h1-4,6,8-9,12,18-20,29H,5,7,10-11H2,(H,25,26)(H,27,28)/t18-,19+,20-/m0/s1. The Morgan fingerprint density at radius 3 is 2.83 bits per heavy atom. The molecule has 4 nitrogen and oxygen atoms in total. The minimum absolute atomic E-state index is 0.0574. The molecule has 0 radical (unpaired) electrons. The van der Waals surface area contributed by atoms with Crippen molar-refractivity contribution >= 4 is 61.9 Å². The van der Waals surface area contributed by atoms with Crippen LogP contribution in [0.5, 0.6) is 0 Å². The largest absolute Gasteiger partial charge is 0.480 e. The Labute approximate surface area is 193 Å². The number of hydrogen-bond acceptors (Lipinski definition) is 4. The van der Waals surface area contributed by atoms with Gasteiger partial charge in [-0.1, -0.05) is 40.2 Å². The van der Waals surface area contributed by atoms with E-state index in [2.05, 4.69) is 46.0 Å². The molecular formula is C23H22BrNO3S2. The number of carbonyl (C=O) groups is 2. The van der Waals surface area contributed by atoms with Crippen LogP contribution in [0, 0.1) is 5.92 Å². The van der Waals surface area contributed by atoms with E-state index in [1.807, 2.05) is 35.7 Å². The second-order valence-corrected chi connectivity index (χ2v) is 9.83. The van der Waals surface area contributed by atoms with Crippen LogP contribution in [0.2, 0.25) is 0 Å². The van der Waals surface area contributed by atoms with Crippen LogP contribution >= 0.6 is 39.9 Å². The van der Waals surface area contributed by atoms with Crippen LogP contribution in [-0.2, 0) is 22.4 Å². The van der Waals surface area contributed by atoms with E-state index in [4.69, 9.17) is 0 Å². The number of nitrogens with one attached hydrogen (secondary N) is 1. The summed E-state index contributed by atoms with van der Waals surface area (Å²) in [5.41, 5.74) is 3.36. The van der Waals surface area contributed by atoms with Crippen molar-refractivity contribution < 1.29 is 14.7 Å². The number of halogens is 1. The molecule has 1 aliphatic rings. The van der Waals surface area contributed by atoms with E-state index in [0.29, 0.717) is 5.75 Å². The molecule has 3 atom stereocenters. The average molecular weight is 504 g/mol. The highest BCUT2D eigenvalue weighted by atomic mass is 79.9. The van der Waals surface area contributed by atoms with Gasteiger partial charge in [-0.3, -0.25) is 4.79 Å². The number of aliphatic carboxylic acids is 1. The SMILES string of the molecule is O=C(O)[C@H](Cc1csc2ccccc12)NC(=O)[C@H](CS)[C@H]1CCc2cc(Br)ccc21. The second kappa shape index (κ2) is 9.12. The lowest BCUT2D eigenvalue weighted by Crippen LogP contribution is -2.46. The Bertz CT molecular complexity index is 1100. The first kappa shape index (κ1) is 21.4. The third kappa shape index (κ3) is 4.29. The van der Waals surface area contributed by atoms with E-state index in [-0.39, 0.29) is 24.2 Å². The third-order valence-corrected chi connectivity index (χ3v) is 7.75. The molecule has 30 heavy (non-hydrogen) atoms. The Morgan fingerprint density at radius 2 is 2.07 bits per heavy atom. The lowest BCUT2D eigenvalue weighted by Gasteiger charge is -2.24. The summed E-state index contributed by atoms with van der Waals surface area (Å²) in [5.74, 6) is -1.19. The lowest BCUT2D eigenvalue weighted by atomic mass is 9.87. The van der Waals surface area contributed by atoms with Crippen LogP contribution in [0.4, 0.5) is 0 Å². The summed E-state index contributed by atoms with van der Waals surface area (Å²) in [7, 11) is 0. The van der Waals surface area contributed by atoms with E-state index in [1.165, 1.54) is 11.1 Å². The molecule has 3 aromatic rings. The summed E-state index contributed by atoms with van der Waals surface area (Å²) < 4.78 is 2.15. The maximum atomic E-state index is 13.1. The predicted octanol–water partition coefficient (Wildman–Crippen LogP) is 5.05. The van der Waals surface area contributed by atoms with Crippen LogP contribution < -0.4 is 5.32 Å². The molecule has 7 heteroatoms. The fourth-order valence-electron chi connectivity index (χ4n) is 4.32. The number of thiophene rings is 1. The number of hydrogen-bond donors (Lipinski definition) is 3. The molecule has 4 rings (SSSR count). The summed E-state index contributed by atoms with van der Waals surface area (Å²) in [6.45, 7) is 0. The van der Waals surface area contributed by atoms with Crippen molar-refractivity contribution in [1.82, 2.24) is 5.32 Å². The monoisotopic (exact) mass is 503 g/mol. The first-order valence-electron chi connectivity index (χ1n) is 9.85. The number of thiol groups is 1. The van der Waals surface area contributed by atoms with Gasteiger partial charge in [0, 0.05) is 21.3 Å². The van der Waals surface area contributed by atoms with Gasteiger partial charge >= 0.3 is 5.97 Å². The molecular weight excluding hydrogens is 482 g/mol. The van der Waals surface area contributed by atoms with Crippen molar-refractivity contribution in [2.75, 3.05) is 5.75 Å². The van der Waals surface area contributed by atoms with Crippen LogP contribution in [0.3, 0.4) is 0 Å². The first-order valence-corrected chi connectivity index (χ1v) is 12.2. The number of aryl methyl sites for hydroxylation is 1. The van der Waals surface area contributed by atoms with Gasteiger partial charge in [-0.15, -0.1) is 11.3 Å². The molecule has 1 aliphatic carbocycles. The molecule has 0 bridgehead atoms. The molecule has 1 heterocycles. The molecule has 1 amide bonds.